The molecule has 7 nitrogen and oxygen atoms in total. The van der Waals surface area contributed by atoms with Crippen LogP contribution in [0.25, 0.3) is 0 Å². The van der Waals surface area contributed by atoms with E-state index in [1.807, 2.05) is 26.0 Å². The Morgan fingerprint density at radius 1 is 1.19 bits per heavy atom. The highest BCUT2D eigenvalue weighted by atomic mass is 127. The van der Waals surface area contributed by atoms with Gasteiger partial charge in [0.1, 0.15) is 0 Å². The summed E-state index contributed by atoms with van der Waals surface area (Å²) in [5, 5.41) is 6.94. The highest BCUT2D eigenvalue weighted by Gasteiger charge is 2.30. The number of benzene rings is 1. The Morgan fingerprint density at radius 3 is 2.44 bits per heavy atom. The van der Waals surface area contributed by atoms with Crippen LogP contribution in [-0.2, 0) is 16.6 Å². The zero-order chi connectivity index (χ0) is 22.4. The maximum Gasteiger partial charge on any atom is 0.243 e. The maximum atomic E-state index is 12.6. The van der Waals surface area contributed by atoms with Crippen LogP contribution in [0.5, 0.6) is 0 Å². The normalized spacial score (nSPS) is 20.7. The van der Waals surface area contributed by atoms with Crippen molar-refractivity contribution in [3.05, 3.63) is 29.8 Å². The third kappa shape index (κ3) is 7.04. The molecule has 0 aromatic heterocycles. The van der Waals surface area contributed by atoms with E-state index in [0.29, 0.717) is 17.5 Å². The fraction of sp³-hybridized carbons (Fsp3) is 0.696. The van der Waals surface area contributed by atoms with E-state index in [2.05, 4.69) is 22.5 Å². The first-order valence-electron chi connectivity index (χ1n) is 11.7. The Morgan fingerprint density at radius 2 is 1.84 bits per heavy atom. The Balaban J connectivity index is 0.00000363. The van der Waals surface area contributed by atoms with Crippen LogP contribution in [0.1, 0.15) is 58.4 Å². The molecule has 2 aliphatic rings. The zero-order valence-corrected chi connectivity index (χ0v) is 23.0. The van der Waals surface area contributed by atoms with Crippen molar-refractivity contribution in [2.45, 2.75) is 82.4 Å². The molecule has 1 saturated carbocycles. The Kier molecular flexibility index (Phi) is 10.7. The van der Waals surface area contributed by atoms with E-state index >= 15 is 0 Å². The number of hydrogen-bond donors (Lipinski definition) is 2. The Labute approximate surface area is 211 Å². The molecule has 2 fully saturated rings. The molecule has 3 rings (SSSR count). The number of hydrogen-bond acceptors (Lipinski definition) is 4. The number of nitrogens with zero attached hydrogens (tertiary/aromatic N) is 3. The molecule has 1 aromatic rings. The molecule has 9 heteroatoms. The van der Waals surface area contributed by atoms with E-state index < -0.39 is 10.0 Å². The SMILES string of the molecule is CCNC(=NCc1ccc(S(=O)(=O)N(C)C(C)C)cc1)NC1CCN(C2CCCC2)C1.I. The van der Waals surface area contributed by atoms with Crippen LogP contribution in [0.3, 0.4) is 0 Å². The number of nitrogens with one attached hydrogen (secondary N) is 2. The van der Waals surface area contributed by atoms with Crippen LogP contribution >= 0.6 is 24.0 Å². The van der Waals surface area contributed by atoms with Crippen LogP contribution in [0.4, 0.5) is 0 Å². The molecule has 1 aliphatic carbocycles. The summed E-state index contributed by atoms with van der Waals surface area (Å²) < 4.78 is 26.6. The van der Waals surface area contributed by atoms with Gasteiger partial charge in [-0.15, -0.1) is 24.0 Å². The van der Waals surface area contributed by atoms with Gasteiger partial charge in [-0.05, 0) is 57.7 Å². The molecular formula is C23H40IN5O2S. The lowest BCUT2D eigenvalue weighted by Gasteiger charge is -2.24. The van der Waals surface area contributed by atoms with Gasteiger partial charge >= 0.3 is 0 Å². The summed E-state index contributed by atoms with van der Waals surface area (Å²) in [5.74, 6) is 0.831. The summed E-state index contributed by atoms with van der Waals surface area (Å²) in [7, 11) is -1.84. The lowest BCUT2D eigenvalue weighted by atomic mass is 10.2. The Bertz CT molecular complexity index is 838. The molecule has 1 aliphatic heterocycles. The topological polar surface area (TPSA) is 77.0 Å². The van der Waals surface area contributed by atoms with Crippen molar-refractivity contribution in [1.82, 2.24) is 19.8 Å². The van der Waals surface area contributed by atoms with Crippen molar-refractivity contribution in [3.8, 4) is 0 Å². The fourth-order valence-electron chi connectivity index (χ4n) is 4.40. The first-order chi connectivity index (χ1) is 14.8. The van der Waals surface area contributed by atoms with Crippen molar-refractivity contribution in [3.63, 3.8) is 0 Å². The molecule has 0 spiro atoms. The lowest BCUT2D eigenvalue weighted by molar-refractivity contribution is 0.242. The van der Waals surface area contributed by atoms with Gasteiger partial charge in [-0.3, -0.25) is 4.90 Å². The monoisotopic (exact) mass is 577 g/mol. The average molecular weight is 578 g/mol. The molecule has 182 valence electrons. The van der Waals surface area contributed by atoms with E-state index in [-0.39, 0.29) is 30.0 Å². The smallest absolute Gasteiger partial charge is 0.243 e. The molecule has 32 heavy (non-hydrogen) atoms. The van der Waals surface area contributed by atoms with Crippen LogP contribution in [-0.4, -0.2) is 68.4 Å². The highest BCUT2D eigenvalue weighted by Crippen LogP contribution is 2.26. The van der Waals surface area contributed by atoms with Crippen molar-refractivity contribution >= 4 is 40.0 Å². The van der Waals surface area contributed by atoms with E-state index in [0.717, 1.165) is 37.1 Å². The number of aliphatic imine (C=N–C) groups is 1. The maximum absolute atomic E-state index is 12.6. The number of sulfonamides is 1. The molecule has 2 N–H and O–H groups in total. The van der Waals surface area contributed by atoms with Crippen molar-refractivity contribution in [2.24, 2.45) is 4.99 Å². The van der Waals surface area contributed by atoms with Gasteiger partial charge in [-0.1, -0.05) is 25.0 Å². The standard InChI is InChI=1S/C23H39N5O2S.HI/c1-5-24-23(26-20-14-15-28(17-20)21-8-6-7-9-21)25-16-19-10-12-22(13-11-19)31(29,30)27(4)18(2)3;/h10-13,18,20-21H,5-9,14-17H2,1-4H3,(H2,24,25,26);1H. The molecule has 0 amide bonds. The summed E-state index contributed by atoms with van der Waals surface area (Å²) >= 11 is 0. The predicted octanol–water partition coefficient (Wildman–Crippen LogP) is 3.41. The van der Waals surface area contributed by atoms with Crippen molar-refractivity contribution < 1.29 is 8.42 Å². The van der Waals surface area contributed by atoms with Gasteiger partial charge in [0, 0.05) is 44.8 Å². The number of likely N-dealkylation sites (tertiary alicyclic amines) is 1. The third-order valence-corrected chi connectivity index (χ3v) is 8.54. The second-order valence-electron chi connectivity index (χ2n) is 9.02. The largest absolute Gasteiger partial charge is 0.357 e. The lowest BCUT2D eigenvalue weighted by Crippen LogP contribution is -2.45. The van der Waals surface area contributed by atoms with Gasteiger partial charge in [0.25, 0.3) is 0 Å². The van der Waals surface area contributed by atoms with Crippen LogP contribution in [0.15, 0.2) is 34.2 Å². The van der Waals surface area contributed by atoms with Gasteiger partial charge < -0.3 is 10.6 Å². The van der Waals surface area contributed by atoms with Crippen LogP contribution < -0.4 is 10.6 Å². The number of guanidine groups is 1. The van der Waals surface area contributed by atoms with Gasteiger partial charge in [0.15, 0.2) is 5.96 Å². The van der Waals surface area contributed by atoms with Crippen LogP contribution in [0.2, 0.25) is 0 Å². The predicted molar refractivity (Wildman–Crippen MR) is 142 cm³/mol. The third-order valence-electron chi connectivity index (χ3n) is 6.49. The van der Waals surface area contributed by atoms with Gasteiger partial charge in [0.2, 0.25) is 10.0 Å². The number of rotatable bonds is 8. The summed E-state index contributed by atoms with van der Waals surface area (Å²) in [6.07, 6.45) is 6.59. The second-order valence-corrected chi connectivity index (χ2v) is 11.0. The molecular weight excluding hydrogens is 537 g/mol. The van der Waals surface area contributed by atoms with Gasteiger partial charge in [-0.2, -0.15) is 4.31 Å². The molecule has 1 unspecified atom stereocenters. The number of halogens is 1. The van der Waals surface area contributed by atoms with E-state index in [1.165, 1.54) is 36.5 Å². The molecule has 0 bridgehead atoms. The molecule has 1 atom stereocenters. The zero-order valence-electron chi connectivity index (χ0n) is 19.9. The van der Waals surface area contributed by atoms with E-state index in [4.69, 9.17) is 4.99 Å². The molecule has 1 aromatic carbocycles. The molecule has 1 heterocycles. The highest BCUT2D eigenvalue weighted by molar-refractivity contribution is 14.0. The minimum Gasteiger partial charge on any atom is -0.357 e. The van der Waals surface area contributed by atoms with Crippen LogP contribution in [0, 0.1) is 0 Å². The summed E-state index contributed by atoms with van der Waals surface area (Å²) in [6, 6.07) is 8.18. The van der Waals surface area contributed by atoms with Crippen molar-refractivity contribution in [1.29, 1.82) is 0 Å². The van der Waals surface area contributed by atoms with E-state index in [1.54, 1.807) is 19.2 Å². The van der Waals surface area contributed by atoms with E-state index in [9.17, 15) is 8.42 Å². The average Bonchev–Trinajstić information content (AvgIpc) is 3.44. The molecule has 1 saturated heterocycles. The molecule has 0 radical (unpaired) electrons. The second kappa shape index (κ2) is 12.5. The first kappa shape index (κ1) is 27.3. The minimum absolute atomic E-state index is 0. The quantitative estimate of drug-likeness (QED) is 0.282. The summed E-state index contributed by atoms with van der Waals surface area (Å²) in [6.45, 7) is 9.38. The van der Waals surface area contributed by atoms with Crippen molar-refractivity contribution in [2.75, 3.05) is 26.7 Å². The minimum atomic E-state index is -3.45. The fourth-order valence-corrected chi connectivity index (χ4v) is 5.77. The Hall–Kier alpha value is -0.910. The summed E-state index contributed by atoms with van der Waals surface area (Å²) in [4.78, 5) is 7.70. The van der Waals surface area contributed by atoms with Gasteiger partial charge in [0.05, 0.1) is 11.4 Å². The first-order valence-corrected chi connectivity index (χ1v) is 13.1. The van der Waals surface area contributed by atoms with Gasteiger partial charge in [-0.25, -0.2) is 13.4 Å². The summed E-state index contributed by atoms with van der Waals surface area (Å²) in [5.41, 5.74) is 0.988.